The molecule has 2 amide bonds. The monoisotopic (exact) mass is 742 g/mol. The number of halogens is 5. The van der Waals surface area contributed by atoms with Crippen LogP contribution in [0.25, 0.3) is 0 Å². The fraction of sp³-hybridized carbons (Fsp3) is 0.320. The minimum Gasteiger partial charge on any atom is -0.477 e. The van der Waals surface area contributed by atoms with Crippen molar-refractivity contribution < 1.29 is 47.1 Å². The molecule has 7 N–H and O–H groups in total. The predicted molar refractivity (Wildman–Crippen MR) is 167 cm³/mol. The SMILES string of the molecule is CC[n+]1c(N)cc(N)nc1SC/C=C/C1=C(C(=O)O)N2C(=O)[C@@H](NC(=O)CSc3cc(Cl)nc(Cl)c3)C2SC1.O=C(O)C(F)(F)F. The van der Waals surface area contributed by atoms with Crippen LogP contribution in [0, 0.1) is 0 Å². The van der Waals surface area contributed by atoms with E-state index >= 15 is 0 Å². The number of nitrogens with zero attached hydrogens (tertiary/aromatic N) is 4. The van der Waals surface area contributed by atoms with Crippen LogP contribution in [0.4, 0.5) is 24.8 Å². The highest BCUT2D eigenvalue weighted by atomic mass is 35.5. The van der Waals surface area contributed by atoms with Crippen molar-refractivity contribution in [3.05, 3.63) is 51.9 Å². The van der Waals surface area contributed by atoms with Gasteiger partial charge in [0.05, 0.1) is 18.4 Å². The number of pyridine rings is 1. The molecule has 0 saturated carbocycles. The van der Waals surface area contributed by atoms with Crippen molar-refractivity contribution in [3.8, 4) is 0 Å². The summed E-state index contributed by atoms with van der Waals surface area (Å²) in [5, 5.41) is 20.3. The van der Waals surface area contributed by atoms with Crippen molar-refractivity contribution in [2.24, 2.45) is 0 Å². The van der Waals surface area contributed by atoms with Gasteiger partial charge in [-0.2, -0.15) is 13.2 Å². The van der Waals surface area contributed by atoms with Crippen LogP contribution in [-0.4, -0.2) is 83.7 Å². The summed E-state index contributed by atoms with van der Waals surface area (Å²) in [6.07, 6.45) is -1.57. The van der Waals surface area contributed by atoms with E-state index in [-0.39, 0.29) is 27.7 Å². The predicted octanol–water partition coefficient (Wildman–Crippen LogP) is 3.07. The molecule has 2 aliphatic heterocycles. The molecule has 2 atom stereocenters. The molecular formula is C25H25Cl2F3N7O6S3+. The van der Waals surface area contributed by atoms with Gasteiger partial charge in [-0.1, -0.05) is 40.3 Å². The molecule has 0 bridgehead atoms. The molecule has 1 fully saturated rings. The minimum absolute atomic E-state index is 0.0245. The van der Waals surface area contributed by atoms with E-state index in [4.69, 9.17) is 44.6 Å². The fourth-order valence-electron chi connectivity index (χ4n) is 3.95. The average Bonchev–Trinajstić information content (AvgIpc) is 2.95. The Kier molecular flexibility index (Phi) is 12.8. The Morgan fingerprint density at radius 3 is 2.37 bits per heavy atom. The molecule has 0 radical (unpaired) electrons. The number of β-lactam (4-membered cyclic amide) rings is 1. The standard InChI is InChI=1S/C23H23Cl2N7O4S3.C2HF3O2/c1-2-31-16(27)8-15(26)29-23(31)37-5-3-4-11-9-39-21-18(20(34)32(21)19(11)22(35)36)30-17(33)10-38-12-6-13(24)28-14(25)7-12;3-2(4,5)1(6)7/h3-4,6-8,18,21H,2,5,9-10H2,1H3,(H5,26,27,30,33,35,36);(H,6,7)/p+1/b4-3+;/t18-,21?;/m1./s1. The number of alkyl halides is 3. The molecule has 0 aromatic carbocycles. The van der Waals surface area contributed by atoms with Gasteiger partial charge < -0.3 is 27.0 Å². The van der Waals surface area contributed by atoms with Gasteiger partial charge in [0.2, 0.25) is 17.5 Å². The van der Waals surface area contributed by atoms with Crippen molar-refractivity contribution >= 4 is 93.9 Å². The number of amides is 2. The molecule has 248 valence electrons. The lowest BCUT2D eigenvalue weighted by Crippen LogP contribution is -2.70. The molecule has 13 nitrogen and oxygen atoms in total. The fourth-order valence-corrected chi connectivity index (χ4v) is 7.53. The molecule has 4 heterocycles. The van der Waals surface area contributed by atoms with Crippen molar-refractivity contribution in [2.45, 2.75) is 41.1 Å². The number of nitrogens with one attached hydrogen (secondary N) is 1. The number of carboxylic acids is 2. The number of hydrogen-bond donors (Lipinski definition) is 5. The van der Waals surface area contributed by atoms with Gasteiger partial charge in [0.25, 0.3) is 5.91 Å². The number of nitrogen functional groups attached to an aromatic ring is 2. The summed E-state index contributed by atoms with van der Waals surface area (Å²) in [6.45, 7) is 2.57. The van der Waals surface area contributed by atoms with Crippen LogP contribution in [0.2, 0.25) is 10.3 Å². The maximum absolute atomic E-state index is 12.9. The summed E-state index contributed by atoms with van der Waals surface area (Å²) >= 11 is 15.8. The largest absolute Gasteiger partial charge is 0.490 e. The third kappa shape index (κ3) is 9.57. The van der Waals surface area contributed by atoms with Crippen LogP contribution in [-0.2, 0) is 25.7 Å². The number of allylic oxidation sites excluding steroid dienone is 1. The van der Waals surface area contributed by atoms with Crippen LogP contribution in [0.3, 0.4) is 0 Å². The Bertz CT molecular complexity index is 1580. The Labute approximate surface area is 282 Å². The van der Waals surface area contributed by atoms with E-state index in [1.54, 1.807) is 24.3 Å². The van der Waals surface area contributed by atoms with Crippen LogP contribution >= 0.6 is 58.5 Å². The van der Waals surface area contributed by atoms with E-state index in [0.717, 1.165) is 0 Å². The number of rotatable bonds is 10. The molecule has 0 aliphatic carbocycles. The topological polar surface area (TPSA) is 206 Å². The van der Waals surface area contributed by atoms with Crippen molar-refractivity contribution in [2.75, 3.05) is 28.7 Å². The number of carbonyl (C=O) groups excluding carboxylic acids is 2. The highest BCUT2D eigenvalue weighted by Crippen LogP contribution is 2.40. The zero-order valence-corrected chi connectivity index (χ0v) is 27.4. The Balaban J connectivity index is 0.000000738. The van der Waals surface area contributed by atoms with Gasteiger partial charge in [-0.3, -0.25) is 14.5 Å². The number of anilines is 2. The smallest absolute Gasteiger partial charge is 0.477 e. The lowest BCUT2D eigenvalue weighted by Gasteiger charge is -2.49. The summed E-state index contributed by atoms with van der Waals surface area (Å²) < 4.78 is 33.6. The summed E-state index contributed by atoms with van der Waals surface area (Å²) in [6, 6.07) is 3.94. The number of hydrogen-bond acceptors (Lipinski definition) is 11. The molecule has 1 saturated heterocycles. The maximum atomic E-state index is 12.9. The molecule has 46 heavy (non-hydrogen) atoms. The zero-order valence-electron chi connectivity index (χ0n) is 23.5. The Morgan fingerprint density at radius 2 is 1.80 bits per heavy atom. The first-order chi connectivity index (χ1) is 21.5. The molecule has 21 heteroatoms. The molecule has 0 spiro atoms. The van der Waals surface area contributed by atoms with Crippen LogP contribution in [0.5, 0.6) is 0 Å². The van der Waals surface area contributed by atoms with Gasteiger partial charge in [-0.25, -0.2) is 19.1 Å². The normalized spacial score (nSPS) is 17.6. The second-order valence-electron chi connectivity index (χ2n) is 9.02. The van der Waals surface area contributed by atoms with Gasteiger partial charge in [0.1, 0.15) is 27.4 Å². The van der Waals surface area contributed by atoms with Gasteiger partial charge in [0.15, 0.2) is 0 Å². The first kappa shape index (κ1) is 37.1. The van der Waals surface area contributed by atoms with Crippen LogP contribution < -0.4 is 21.4 Å². The number of nitrogens with two attached hydrogens (primary N) is 2. The summed E-state index contributed by atoms with van der Waals surface area (Å²) in [4.78, 5) is 56.5. The van der Waals surface area contributed by atoms with Crippen LogP contribution in [0.1, 0.15) is 6.92 Å². The quantitative estimate of drug-likeness (QED) is 0.0782. The Hall–Kier alpha value is -3.39. The van der Waals surface area contributed by atoms with Crippen molar-refractivity contribution in [1.29, 1.82) is 0 Å². The first-order valence-electron chi connectivity index (χ1n) is 12.7. The molecule has 2 aromatic rings. The second-order valence-corrected chi connectivity index (χ2v) is 12.9. The molecule has 1 unspecified atom stereocenters. The number of thioether (sulfide) groups is 3. The number of aliphatic carboxylic acids is 2. The second kappa shape index (κ2) is 15.9. The van der Waals surface area contributed by atoms with Gasteiger partial charge in [0, 0.05) is 16.4 Å². The summed E-state index contributed by atoms with van der Waals surface area (Å²) in [7, 11) is 0. The van der Waals surface area contributed by atoms with E-state index in [2.05, 4.69) is 15.3 Å². The summed E-state index contributed by atoms with van der Waals surface area (Å²) in [5.41, 5.74) is 12.2. The van der Waals surface area contributed by atoms with Crippen molar-refractivity contribution in [1.82, 2.24) is 20.2 Å². The summed E-state index contributed by atoms with van der Waals surface area (Å²) in [5.74, 6) is -3.11. The Morgan fingerprint density at radius 1 is 1.17 bits per heavy atom. The number of fused-ring (bicyclic) bond motifs is 1. The third-order valence-corrected chi connectivity index (χ3v) is 9.47. The van der Waals surface area contributed by atoms with Gasteiger partial charge in [-0.05, 0) is 36.4 Å². The first-order valence-corrected chi connectivity index (χ1v) is 16.5. The maximum Gasteiger partial charge on any atom is 0.490 e. The molecule has 2 aliphatic rings. The van der Waals surface area contributed by atoms with E-state index in [1.165, 1.54) is 40.2 Å². The van der Waals surface area contributed by atoms with E-state index in [1.807, 2.05) is 17.6 Å². The van der Waals surface area contributed by atoms with Gasteiger partial charge in [-0.15, -0.1) is 23.5 Å². The van der Waals surface area contributed by atoms with E-state index in [0.29, 0.717) is 45.3 Å². The third-order valence-electron chi connectivity index (χ3n) is 5.87. The number of aromatic nitrogens is 3. The molecular weight excluding hydrogens is 718 g/mol. The van der Waals surface area contributed by atoms with Gasteiger partial charge >= 0.3 is 23.3 Å². The zero-order chi connectivity index (χ0) is 34.3. The number of carbonyl (C=O) groups is 4. The number of carboxylic acid groups (broad SMARTS) is 2. The highest BCUT2D eigenvalue weighted by Gasteiger charge is 2.53. The minimum atomic E-state index is -5.08. The average molecular weight is 744 g/mol. The molecule has 2 aromatic heterocycles. The van der Waals surface area contributed by atoms with Crippen LogP contribution in [0.15, 0.2) is 51.7 Å². The lowest BCUT2D eigenvalue weighted by atomic mass is 10.0. The highest BCUT2D eigenvalue weighted by molar-refractivity contribution is 8.00. The van der Waals surface area contributed by atoms with E-state index in [9.17, 15) is 32.7 Å². The lowest BCUT2D eigenvalue weighted by molar-refractivity contribution is -0.719. The molecule has 4 rings (SSSR count). The van der Waals surface area contributed by atoms with Crippen molar-refractivity contribution in [3.63, 3.8) is 0 Å². The van der Waals surface area contributed by atoms with E-state index < -0.39 is 35.4 Å².